The molecule has 0 amide bonds. The third kappa shape index (κ3) is 9.12. The minimum Gasteiger partial charge on any atom is -0.540 e. The second-order valence-corrected chi connectivity index (χ2v) is 23.3. The zero-order valence-corrected chi connectivity index (χ0v) is 18.2. The van der Waals surface area contributed by atoms with Crippen LogP contribution >= 0.6 is 12.2 Å². The van der Waals surface area contributed by atoms with Crippen LogP contribution in [0.15, 0.2) is 0 Å². The molecule has 0 spiro atoms. The van der Waals surface area contributed by atoms with E-state index in [1.165, 1.54) is 6.54 Å². The molecule has 0 unspecified atom stereocenters. The zero-order chi connectivity index (χ0) is 15.5. The molecule has 6 heteroatoms. The van der Waals surface area contributed by atoms with E-state index in [-0.39, 0.29) is 0 Å². The average Bonchev–Trinajstić information content (AvgIpc) is 2.04. The van der Waals surface area contributed by atoms with Gasteiger partial charge in [0.1, 0.15) is 21.5 Å². The lowest BCUT2D eigenvalue weighted by Crippen LogP contribution is -2.59. The maximum absolute atomic E-state index is 5.87. The highest BCUT2D eigenvalue weighted by molar-refractivity contribution is 7.80. The minimum atomic E-state index is -1.51. The van der Waals surface area contributed by atoms with Crippen molar-refractivity contribution in [2.45, 2.75) is 71.8 Å². The molecule has 0 bridgehead atoms. The lowest BCUT2D eigenvalue weighted by Gasteiger charge is -2.43. The SMILES string of the molecule is C[Si](C)(C)OC(=S)CCCN([Si](C)(C)C)[Si](C)(C)C. The molecule has 0 aromatic rings. The van der Waals surface area contributed by atoms with Gasteiger partial charge in [-0.2, -0.15) is 0 Å². The normalized spacial score (nSPS) is 13.8. The fourth-order valence-corrected chi connectivity index (χ4v) is 13.8. The Labute approximate surface area is 129 Å². The van der Waals surface area contributed by atoms with Crippen LogP contribution in [0.3, 0.4) is 0 Å². The van der Waals surface area contributed by atoms with Crippen molar-refractivity contribution in [3.63, 3.8) is 0 Å². The van der Waals surface area contributed by atoms with Crippen LogP contribution < -0.4 is 0 Å². The predicted molar refractivity (Wildman–Crippen MR) is 99.7 cm³/mol. The van der Waals surface area contributed by atoms with E-state index in [0.717, 1.165) is 17.9 Å². The van der Waals surface area contributed by atoms with Gasteiger partial charge in [-0.25, -0.2) is 0 Å². The van der Waals surface area contributed by atoms with Crippen molar-refractivity contribution >= 4 is 42.1 Å². The molecule has 0 aliphatic heterocycles. The van der Waals surface area contributed by atoms with Crippen molar-refractivity contribution in [1.29, 1.82) is 0 Å². The summed E-state index contributed by atoms with van der Waals surface area (Å²) in [5.41, 5.74) is 0. The zero-order valence-electron chi connectivity index (χ0n) is 14.4. The van der Waals surface area contributed by atoms with E-state index in [1.54, 1.807) is 0 Å². The van der Waals surface area contributed by atoms with Crippen LogP contribution in [0.4, 0.5) is 0 Å². The Kier molecular flexibility index (Phi) is 7.16. The molecular weight excluding hydrogens is 302 g/mol. The number of rotatable bonds is 7. The molecule has 19 heavy (non-hydrogen) atoms. The predicted octanol–water partition coefficient (Wildman–Crippen LogP) is 4.92. The van der Waals surface area contributed by atoms with Gasteiger partial charge in [0.05, 0.1) is 0 Å². The fraction of sp³-hybridized carbons (Fsp3) is 0.923. The Hall–Kier alpha value is 0.501. The van der Waals surface area contributed by atoms with Gasteiger partial charge in [-0.15, -0.1) is 0 Å². The second-order valence-electron chi connectivity index (χ2n) is 8.18. The molecule has 2 nitrogen and oxygen atoms in total. The van der Waals surface area contributed by atoms with Gasteiger partial charge in [-0.05, 0) is 44.8 Å². The number of nitrogens with zero attached hydrogens (tertiary/aromatic N) is 1. The first-order chi connectivity index (χ1) is 8.23. The smallest absolute Gasteiger partial charge is 0.242 e. The van der Waals surface area contributed by atoms with E-state index in [9.17, 15) is 0 Å². The third-order valence-electron chi connectivity index (χ3n) is 2.80. The highest BCUT2D eigenvalue weighted by atomic mass is 32.1. The first-order valence-electron chi connectivity index (χ1n) is 7.23. The van der Waals surface area contributed by atoms with Gasteiger partial charge in [-0.1, -0.05) is 39.3 Å². The highest BCUT2D eigenvalue weighted by Gasteiger charge is 2.33. The van der Waals surface area contributed by atoms with Gasteiger partial charge in [0.15, 0.2) is 0 Å². The Morgan fingerprint density at radius 2 is 1.32 bits per heavy atom. The first kappa shape index (κ1) is 19.5. The Morgan fingerprint density at radius 1 is 0.895 bits per heavy atom. The van der Waals surface area contributed by atoms with Gasteiger partial charge in [0.25, 0.3) is 0 Å². The summed E-state index contributed by atoms with van der Waals surface area (Å²) in [6, 6.07) is 0. The molecule has 0 rings (SSSR count). The first-order valence-corrected chi connectivity index (χ1v) is 17.9. The number of thiocarbonyl (C=S) groups is 1. The van der Waals surface area contributed by atoms with Crippen LogP contribution in [-0.4, -0.2) is 40.6 Å². The molecular formula is C13H33NOSSi3. The van der Waals surface area contributed by atoms with Gasteiger partial charge in [0, 0.05) is 6.42 Å². The molecule has 0 aliphatic rings. The molecule has 0 N–H and O–H groups in total. The van der Waals surface area contributed by atoms with Crippen molar-refractivity contribution in [1.82, 2.24) is 4.23 Å². The van der Waals surface area contributed by atoms with E-state index < -0.39 is 24.8 Å². The largest absolute Gasteiger partial charge is 0.540 e. The van der Waals surface area contributed by atoms with E-state index in [2.05, 4.69) is 63.2 Å². The summed E-state index contributed by atoms with van der Waals surface area (Å²) < 4.78 is 8.68. The molecule has 0 aromatic carbocycles. The van der Waals surface area contributed by atoms with Crippen LogP contribution in [0.25, 0.3) is 0 Å². The lowest BCUT2D eigenvalue weighted by molar-refractivity contribution is 0.525. The Bertz CT molecular complexity index is 288. The van der Waals surface area contributed by atoms with E-state index >= 15 is 0 Å². The minimum absolute atomic E-state index is 0.824. The molecule has 0 atom stereocenters. The Balaban J connectivity index is 4.34. The standard InChI is InChI=1S/C13H33NOSSi3/c1-17(2,3)14(18(4,5)6)12-10-11-13(16)15-19(7,8)9/h10-12H2,1-9H3. The topological polar surface area (TPSA) is 12.5 Å². The molecule has 114 valence electrons. The Morgan fingerprint density at radius 3 is 1.63 bits per heavy atom. The van der Waals surface area contributed by atoms with Crippen LogP contribution in [-0.2, 0) is 4.43 Å². The highest BCUT2D eigenvalue weighted by Crippen LogP contribution is 2.20. The maximum atomic E-state index is 5.87. The van der Waals surface area contributed by atoms with Gasteiger partial charge in [0.2, 0.25) is 8.32 Å². The average molecular weight is 336 g/mol. The number of hydrogen-bond acceptors (Lipinski definition) is 3. The summed E-state index contributed by atoms with van der Waals surface area (Å²) in [4.78, 5) is 0. The molecule has 0 saturated carbocycles. The van der Waals surface area contributed by atoms with E-state index in [1.807, 2.05) is 0 Å². The fourth-order valence-electron chi connectivity index (χ4n) is 2.45. The molecule has 0 heterocycles. The molecule has 0 fully saturated rings. The van der Waals surface area contributed by atoms with Gasteiger partial charge in [-0.3, -0.25) is 0 Å². The second kappa shape index (κ2) is 6.98. The third-order valence-corrected chi connectivity index (χ3v) is 11.8. The summed E-state index contributed by atoms with van der Waals surface area (Å²) in [7, 11) is -3.95. The van der Waals surface area contributed by atoms with Crippen LogP contribution in [0.5, 0.6) is 0 Å². The van der Waals surface area contributed by atoms with Crippen molar-refractivity contribution < 1.29 is 4.43 Å². The van der Waals surface area contributed by atoms with E-state index in [0.29, 0.717) is 0 Å². The summed E-state index contributed by atoms with van der Waals surface area (Å²) >= 11 is 5.36. The van der Waals surface area contributed by atoms with Crippen molar-refractivity contribution in [3.8, 4) is 0 Å². The van der Waals surface area contributed by atoms with Crippen molar-refractivity contribution in [2.75, 3.05) is 6.54 Å². The van der Waals surface area contributed by atoms with Crippen LogP contribution in [0, 0.1) is 0 Å². The van der Waals surface area contributed by atoms with Crippen molar-refractivity contribution in [2.24, 2.45) is 0 Å². The quantitative estimate of drug-likeness (QED) is 0.484. The molecule has 0 saturated heterocycles. The van der Waals surface area contributed by atoms with Gasteiger partial charge < -0.3 is 8.66 Å². The molecule has 0 aromatic heterocycles. The van der Waals surface area contributed by atoms with E-state index in [4.69, 9.17) is 16.6 Å². The summed E-state index contributed by atoms with van der Waals surface area (Å²) in [5, 5.41) is 0.824. The molecule has 0 aliphatic carbocycles. The van der Waals surface area contributed by atoms with Crippen molar-refractivity contribution in [3.05, 3.63) is 0 Å². The summed E-state index contributed by atoms with van der Waals surface area (Å²) in [6.45, 7) is 22.4. The monoisotopic (exact) mass is 335 g/mol. The summed E-state index contributed by atoms with van der Waals surface area (Å²) in [6.07, 6.45) is 2.07. The molecule has 0 radical (unpaired) electrons. The number of hydrogen-bond donors (Lipinski definition) is 0. The van der Waals surface area contributed by atoms with Crippen LogP contribution in [0.1, 0.15) is 12.8 Å². The lowest BCUT2D eigenvalue weighted by atomic mass is 10.3. The maximum Gasteiger partial charge on any atom is 0.242 e. The van der Waals surface area contributed by atoms with Crippen LogP contribution in [0.2, 0.25) is 58.9 Å². The van der Waals surface area contributed by atoms with Gasteiger partial charge >= 0.3 is 0 Å². The summed E-state index contributed by atoms with van der Waals surface area (Å²) in [5.74, 6) is 0.